The second kappa shape index (κ2) is 29.0. The summed E-state index contributed by atoms with van der Waals surface area (Å²) >= 11 is 0. The van der Waals surface area contributed by atoms with E-state index >= 15 is 0 Å². The minimum atomic E-state index is -1.30. The number of ether oxygens (including phenoxy) is 4. The first-order valence-corrected chi connectivity index (χ1v) is 22.6. The molecule has 0 saturated carbocycles. The summed E-state index contributed by atoms with van der Waals surface area (Å²) in [5, 5.41) is 0. The van der Waals surface area contributed by atoms with Crippen LogP contribution >= 0.6 is 0 Å². The third kappa shape index (κ3) is 29.6. The van der Waals surface area contributed by atoms with E-state index in [1.54, 1.807) is 0 Å². The van der Waals surface area contributed by atoms with Crippen LogP contribution in [0.15, 0.2) is 0 Å². The Bertz CT molecular complexity index is 951. The molecule has 0 N–H and O–H groups in total. The van der Waals surface area contributed by atoms with E-state index in [-0.39, 0.29) is 52.6 Å². The second-order valence-electron chi connectivity index (χ2n) is 19.7. The average Bonchev–Trinajstić information content (AvgIpc) is 3.11. The van der Waals surface area contributed by atoms with Crippen molar-refractivity contribution in [1.82, 2.24) is 0 Å². The zero-order valence-corrected chi connectivity index (χ0v) is 39.4. The van der Waals surface area contributed by atoms with Gasteiger partial charge in [-0.25, -0.2) is 19.2 Å². The highest BCUT2D eigenvalue weighted by atomic mass is 16.6. The van der Waals surface area contributed by atoms with Gasteiger partial charge in [0, 0.05) is 0 Å². The largest absolute Gasteiger partial charge is 0.461 e. The summed E-state index contributed by atoms with van der Waals surface area (Å²) in [6.45, 7) is 11.7. The molecule has 0 aromatic heterocycles. The van der Waals surface area contributed by atoms with Crippen LogP contribution in [0.3, 0.4) is 0 Å². The number of quaternary nitrogens is 4. The smallest absolute Gasteiger partial charge is 0.361 e. The van der Waals surface area contributed by atoms with Crippen molar-refractivity contribution in [2.45, 2.75) is 130 Å². The lowest BCUT2D eigenvalue weighted by Crippen LogP contribution is -2.50. The number of carbonyl (C=O) groups excluding carboxylic acids is 4. The molecular formula is C45H92N4O8+4. The van der Waals surface area contributed by atoms with Crippen molar-refractivity contribution >= 4 is 23.9 Å². The Labute approximate surface area is 350 Å². The van der Waals surface area contributed by atoms with Gasteiger partial charge < -0.3 is 36.9 Å². The molecule has 12 nitrogen and oxygen atoms in total. The maximum Gasteiger partial charge on any atom is 0.361 e. The van der Waals surface area contributed by atoms with Crippen LogP contribution in [0.5, 0.6) is 0 Å². The Balaban J connectivity index is 6.32. The molecular weight excluding hydrogens is 725 g/mol. The van der Waals surface area contributed by atoms with E-state index in [0.717, 1.165) is 129 Å². The summed E-state index contributed by atoms with van der Waals surface area (Å²) < 4.78 is 25.7. The van der Waals surface area contributed by atoms with Gasteiger partial charge in [-0.15, -0.1) is 0 Å². The summed E-state index contributed by atoms with van der Waals surface area (Å²) in [7, 11) is 16.1. The number of carbonyl (C=O) groups is 4. The molecule has 0 bridgehead atoms. The minimum Gasteiger partial charge on any atom is -0.461 e. The highest BCUT2D eigenvalue weighted by molar-refractivity contribution is 5.72. The molecule has 0 aromatic rings. The number of likely N-dealkylation sites (N-methyl/N-ethyl adjacent to an activating group) is 4. The van der Waals surface area contributed by atoms with E-state index in [0.29, 0.717) is 17.9 Å². The first kappa shape index (κ1) is 54.7. The molecule has 0 spiro atoms. The van der Waals surface area contributed by atoms with E-state index in [1.807, 2.05) is 56.4 Å². The number of nitrogens with zero attached hydrogens (tertiary/aromatic N) is 4. The van der Waals surface area contributed by atoms with Gasteiger partial charge in [-0.05, 0) is 51.4 Å². The number of unbranched alkanes of at least 4 members (excludes halogenated alkanes) is 12. The van der Waals surface area contributed by atoms with Gasteiger partial charge in [-0.1, -0.05) is 79.1 Å². The predicted octanol–water partition coefficient (Wildman–Crippen LogP) is 6.77. The number of hydrogen-bond acceptors (Lipinski definition) is 8. The van der Waals surface area contributed by atoms with E-state index in [1.165, 1.54) is 0 Å². The number of hydrogen-bond donors (Lipinski definition) is 0. The van der Waals surface area contributed by atoms with Crippen molar-refractivity contribution < 1.29 is 56.1 Å². The van der Waals surface area contributed by atoms with E-state index in [2.05, 4.69) is 27.7 Å². The molecule has 0 rings (SSSR count). The molecule has 0 amide bonds. The molecule has 57 heavy (non-hydrogen) atoms. The zero-order valence-electron chi connectivity index (χ0n) is 39.4. The van der Waals surface area contributed by atoms with E-state index in [9.17, 15) is 19.2 Å². The maximum atomic E-state index is 13.4. The van der Waals surface area contributed by atoms with Crippen LogP contribution in [0.25, 0.3) is 0 Å². The van der Waals surface area contributed by atoms with Gasteiger partial charge in [0.15, 0.2) is 26.2 Å². The highest BCUT2D eigenvalue weighted by Crippen LogP contribution is 2.23. The number of rotatable bonds is 36. The van der Waals surface area contributed by atoms with Crippen LogP contribution in [0.1, 0.15) is 130 Å². The van der Waals surface area contributed by atoms with Crippen LogP contribution in [0, 0.1) is 5.41 Å². The summed E-state index contributed by atoms with van der Waals surface area (Å²) in [6, 6.07) is 0. The molecule has 0 atom stereocenters. The third-order valence-corrected chi connectivity index (χ3v) is 10.9. The van der Waals surface area contributed by atoms with Gasteiger partial charge in [0.05, 0.1) is 82.6 Å². The van der Waals surface area contributed by atoms with Crippen LogP contribution in [-0.4, -0.2) is 177 Å². The molecule has 0 aliphatic carbocycles. The van der Waals surface area contributed by atoms with Crippen molar-refractivity contribution in [3.05, 3.63) is 0 Å². The summed E-state index contributed by atoms with van der Waals surface area (Å²) in [5.74, 6) is -1.65. The molecule has 0 saturated heterocycles. The van der Waals surface area contributed by atoms with Gasteiger partial charge in [0.2, 0.25) is 0 Å². The van der Waals surface area contributed by atoms with E-state index < -0.39 is 29.3 Å². The fourth-order valence-electron chi connectivity index (χ4n) is 6.95. The Morgan fingerprint density at radius 1 is 0.333 bits per heavy atom. The minimum absolute atomic E-state index is 0.151. The molecule has 0 heterocycles. The Morgan fingerprint density at radius 2 is 0.526 bits per heavy atom. The molecule has 0 aliphatic heterocycles. The fraction of sp³-hybridized carbons (Fsp3) is 0.911. The van der Waals surface area contributed by atoms with Gasteiger partial charge in [0.1, 0.15) is 31.8 Å². The maximum absolute atomic E-state index is 13.4. The predicted molar refractivity (Wildman–Crippen MR) is 230 cm³/mol. The summed E-state index contributed by atoms with van der Waals surface area (Å²) in [5.41, 5.74) is -1.30. The van der Waals surface area contributed by atoms with Gasteiger partial charge >= 0.3 is 23.9 Å². The molecule has 0 fully saturated rings. The highest BCUT2D eigenvalue weighted by Gasteiger charge is 2.40. The van der Waals surface area contributed by atoms with Crippen molar-refractivity contribution in [2.24, 2.45) is 5.41 Å². The summed E-state index contributed by atoms with van der Waals surface area (Å²) in [6.07, 6.45) is 17.6. The van der Waals surface area contributed by atoms with Crippen molar-refractivity contribution in [2.75, 3.05) is 135 Å². The normalized spacial score (nSPS) is 12.7. The summed E-state index contributed by atoms with van der Waals surface area (Å²) in [4.78, 5) is 53.8. The molecule has 0 unspecified atom stereocenters. The fourth-order valence-corrected chi connectivity index (χ4v) is 6.95. The lowest BCUT2D eigenvalue weighted by Gasteiger charge is -2.35. The monoisotopic (exact) mass is 817 g/mol. The van der Waals surface area contributed by atoms with Crippen LogP contribution in [0.2, 0.25) is 0 Å². The van der Waals surface area contributed by atoms with Crippen LogP contribution in [-0.2, 0) is 38.1 Å². The zero-order chi connectivity index (χ0) is 43.4. The van der Waals surface area contributed by atoms with Crippen LogP contribution in [0.4, 0.5) is 0 Å². The van der Waals surface area contributed by atoms with E-state index in [4.69, 9.17) is 18.9 Å². The first-order chi connectivity index (χ1) is 26.6. The van der Waals surface area contributed by atoms with Gasteiger partial charge in [-0.2, -0.15) is 0 Å². The lowest BCUT2D eigenvalue weighted by molar-refractivity contribution is -0.883. The van der Waals surface area contributed by atoms with Crippen LogP contribution < -0.4 is 0 Å². The second-order valence-corrected chi connectivity index (χ2v) is 19.7. The molecule has 0 radical (unpaired) electrons. The van der Waals surface area contributed by atoms with Gasteiger partial charge in [-0.3, -0.25) is 0 Å². The standard InChI is InChI=1S/C45H92N4O8/c1-13-17-21-25-29-46(5,6)33-41(50)54-37-45(38-55-42(51)34-47(7,8)30-26-22-18-14-2,39-56-43(52)35-48(9,10)31-27-23-19-15-3)40-57-44(53)36-49(11,12)32-28-24-20-16-4/h13-40H2,1-12H3/q+4. The molecule has 336 valence electrons. The lowest BCUT2D eigenvalue weighted by atomic mass is 9.92. The average molecular weight is 817 g/mol. The SMILES string of the molecule is CCCCCC[N+](C)(C)CC(=O)OCC(COC(=O)C[N+](C)(C)CCCCCC)(COC(=O)C[N+](C)(C)CCCCCC)COC(=O)C[N+](C)(C)CCCCCC. The Hall–Kier alpha value is -2.28. The topological polar surface area (TPSA) is 105 Å². The Morgan fingerprint density at radius 3 is 0.702 bits per heavy atom. The third-order valence-electron chi connectivity index (χ3n) is 10.9. The molecule has 0 aromatic carbocycles. The van der Waals surface area contributed by atoms with Crippen molar-refractivity contribution in [1.29, 1.82) is 0 Å². The first-order valence-electron chi connectivity index (χ1n) is 22.6. The van der Waals surface area contributed by atoms with Crippen molar-refractivity contribution in [3.63, 3.8) is 0 Å². The Kier molecular flexibility index (Phi) is 27.9. The van der Waals surface area contributed by atoms with Crippen molar-refractivity contribution in [3.8, 4) is 0 Å². The quantitative estimate of drug-likeness (QED) is 0.0296. The molecule has 12 heteroatoms. The van der Waals surface area contributed by atoms with Gasteiger partial charge in [0.25, 0.3) is 0 Å². The number of esters is 4. The molecule has 0 aliphatic rings.